The van der Waals surface area contributed by atoms with Crippen LogP contribution in [0.4, 0.5) is 0 Å². The van der Waals surface area contributed by atoms with Crippen molar-refractivity contribution >= 4 is 5.91 Å². The van der Waals surface area contributed by atoms with Crippen LogP contribution >= 0.6 is 0 Å². The second-order valence-corrected chi connectivity index (χ2v) is 3.10. The predicted molar refractivity (Wildman–Crippen MR) is 36.0 cm³/mol. The van der Waals surface area contributed by atoms with Gasteiger partial charge in [0.1, 0.15) is 0 Å². The van der Waals surface area contributed by atoms with Crippen LogP contribution in [0.15, 0.2) is 0 Å². The average Bonchev–Trinajstić information content (AvgIpc) is 1.60. The summed E-state index contributed by atoms with van der Waals surface area (Å²) in [4.78, 5) is 10.4. The van der Waals surface area contributed by atoms with Crippen molar-refractivity contribution in [3.05, 3.63) is 0 Å². The minimum Gasteiger partial charge on any atom is -0.353 e. The smallest absolute Gasteiger partial charge is 0.222 e. The first-order valence-corrected chi connectivity index (χ1v) is 3.48. The maximum Gasteiger partial charge on any atom is 0.222 e. The molecule has 1 aliphatic rings. The third kappa shape index (κ3) is 1.70. The van der Waals surface area contributed by atoms with Crippen LogP contribution < -0.4 is 5.32 Å². The molecule has 0 bridgehead atoms. The van der Waals surface area contributed by atoms with Gasteiger partial charge < -0.3 is 5.32 Å². The van der Waals surface area contributed by atoms with Crippen molar-refractivity contribution in [3.8, 4) is 0 Å². The molecule has 9 heavy (non-hydrogen) atoms. The minimum atomic E-state index is 0.209. The molecule has 1 fully saturated rings. The van der Waals surface area contributed by atoms with Gasteiger partial charge in [0.2, 0.25) is 5.91 Å². The number of carbonyl (C=O) groups excluding carboxylic acids is 1. The summed E-state index contributed by atoms with van der Waals surface area (Å²) in [6, 6.07) is 0.484. The first-order valence-electron chi connectivity index (χ1n) is 3.48. The van der Waals surface area contributed by atoms with Gasteiger partial charge in [0.15, 0.2) is 0 Å². The summed E-state index contributed by atoms with van der Waals surface area (Å²) in [6.07, 6.45) is 1.88. The normalized spacial score (nSPS) is 25.7. The van der Waals surface area contributed by atoms with E-state index >= 15 is 0 Å². The van der Waals surface area contributed by atoms with E-state index in [2.05, 4.69) is 19.2 Å². The molecule has 0 aromatic carbocycles. The van der Waals surface area contributed by atoms with Crippen molar-refractivity contribution in [1.82, 2.24) is 5.32 Å². The summed E-state index contributed by atoms with van der Waals surface area (Å²) in [6.45, 7) is 4.34. The Hall–Kier alpha value is -0.530. The molecule has 1 atom stereocenters. The molecule has 0 radical (unpaired) electrons. The lowest BCUT2D eigenvalue weighted by atomic mass is 9.96. The highest BCUT2D eigenvalue weighted by atomic mass is 16.2. The van der Waals surface area contributed by atoms with E-state index in [9.17, 15) is 4.79 Å². The van der Waals surface area contributed by atoms with Crippen LogP contribution in [-0.4, -0.2) is 11.9 Å². The van der Waals surface area contributed by atoms with Gasteiger partial charge in [0.25, 0.3) is 0 Å². The molecule has 1 N–H and O–H groups in total. The zero-order valence-electron chi connectivity index (χ0n) is 5.98. The van der Waals surface area contributed by atoms with Gasteiger partial charge in [0.05, 0.1) is 0 Å². The van der Waals surface area contributed by atoms with Crippen molar-refractivity contribution in [3.63, 3.8) is 0 Å². The number of hydrogen-bond acceptors (Lipinski definition) is 1. The van der Waals surface area contributed by atoms with E-state index in [1.807, 2.05) is 0 Å². The van der Waals surface area contributed by atoms with Gasteiger partial charge in [-0.05, 0) is 12.3 Å². The zero-order valence-corrected chi connectivity index (χ0v) is 5.98. The van der Waals surface area contributed by atoms with Crippen LogP contribution in [-0.2, 0) is 4.79 Å². The molecule has 1 rings (SSSR count). The number of amides is 1. The van der Waals surface area contributed by atoms with Gasteiger partial charge in [-0.25, -0.2) is 0 Å². The number of hydrogen-bond donors (Lipinski definition) is 1. The molecule has 1 amide bonds. The molecular formula is C7H13NO. The molecule has 2 heteroatoms. The van der Waals surface area contributed by atoms with Crippen LogP contribution in [0, 0.1) is 5.92 Å². The minimum absolute atomic E-state index is 0.209. The summed E-state index contributed by atoms with van der Waals surface area (Å²) in [5.41, 5.74) is 0. The van der Waals surface area contributed by atoms with Crippen molar-refractivity contribution in [2.75, 3.05) is 0 Å². The lowest BCUT2D eigenvalue weighted by molar-refractivity contribution is -0.128. The van der Waals surface area contributed by atoms with Crippen LogP contribution in [0.2, 0.25) is 0 Å². The maximum atomic E-state index is 10.4. The summed E-state index contributed by atoms with van der Waals surface area (Å²) >= 11 is 0. The van der Waals surface area contributed by atoms with E-state index < -0.39 is 0 Å². The Kier molecular flexibility index (Phi) is 1.74. The fourth-order valence-electron chi connectivity index (χ4n) is 1.14. The Balaban J connectivity index is 2.11. The van der Waals surface area contributed by atoms with Crippen LogP contribution in [0.25, 0.3) is 0 Å². The van der Waals surface area contributed by atoms with E-state index in [-0.39, 0.29) is 5.91 Å². The predicted octanol–water partition coefficient (Wildman–Crippen LogP) is 0.921. The lowest BCUT2D eigenvalue weighted by Crippen LogP contribution is -2.48. The molecule has 2 nitrogen and oxygen atoms in total. The van der Waals surface area contributed by atoms with Crippen molar-refractivity contribution in [2.24, 2.45) is 5.92 Å². The summed E-state index contributed by atoms with van der Waals surface area (Å²) < 4.78 is 0. The molecule has 0 saturated carbocycles. The number of carbonyl (C=O) groups is 1. The van der Waals surface area contributed by atoms with E-state index in [1.54, 1.807) is 0 Å². The van der Waals surface area contributed by atoms with Gasteiger partial charge in [0, 0.05) is 12.5 Å². The topological polar surface area (TPSA) is 29.1 Å². The Morgan fingerprint density at radius 1 is 1.78 bits per heavy atom. The Morgan fingerprint density at radius 2 is 2.33 bits per heavy atom. The molecule has 0 aromatic rings. The largest absolute Gasteiger partial charge is 0.353 e. The Labute approximate surface area is 55.6 Å². The van der Waals surface area contributed by atoms with E-state index in [0.717, 1.165) is 12.8 Å². The fraction of sp³-hybridized carbons (Fsp3) is 0.857. The monoisotopic (exact) mass is 127 g/mol. The number of rotatable bonds is 2. The second-order valence-electron chi connectivity index (χ2n) is 3.10. The standard InChI is InChI=1S/C7H13NO/c1-5(2)3-6-4-7(9)8-6/h5-6H,3-4H2,1-2H3,(H,8,9). The van der Waals surface area contributed by atoms with E-state index in [0.29, 0.717) is 12.0 Å². The fourth-order valence-corrected chi connectivity index (χ4v) is 1.14. The molecule has 1 saturated heterocycles. The van der Waals surface area contributed by atoms with Crippen LogP contribution in [0.3, 0.4) is 0 Å². The molecule has 52 valence electrons. The van der Waals surface area contributed by atoms with Gasteiger partial charge in [-0.1, -0.05) is 13.8 Å². The van der Waals surface area contributed by atoms with Gasteiger partial charge in [-0.2, -0.15) is 0 Å². The lowest BCUT2D eigenvalue weighted by Gasteiger charge is -2.28. The first kappa shape index (κ1) is 6.59. The Morgan fingerprint density at radius 3 is 2.67 bits per heavy atom. The number of nitrogens with one attached hydrogen (secondary N) is 1. The summed E-state index contributed by atoms with van der Waals surface area (Å²) in [5, 5.41) is 2.84. The molecule has 0 aromatic heterocycles. The SMILES string of the molecule is CC(C)CC1CC(=O)N1. The first-order chi connectivity index (χ1) is 4.18. The highest BCUT2D eigenvalue weighted by Gasteiger charge is 2.24. The molecule has 1 aliphatic heterocycles. The highest BCUT2D eigenvalue weighted by Crippen LogP contribution is 2.13. The third-order valence-corrected chi connectivity index (χ3v) is 1.55. The van der Waals surface area contributed by atoms with Gasteiger partial charge >= 0.3 is 0 Å². The summed E-state index contributed by atoms with van der Waals surface area (Å²) in [7, 11) is 0. The Bertz CT molecular complexity index is 112. The van der Waals surface area contributed by atoms with Crippen LogP contribution in [0.1, 0.15) is 26.7 Å². The zero-order chi connectivity index (χ0) is 6.85. The number of β-lactam (4-membered cyclic amide) rings is 1. The summed E-state index contributed by atoms with van der Waals surface area (Å²) in [5.74, 6) is 0.913. The molecule has 0 spiro atoms. The van der Waals surface area contributed by atoms with Crippen LogP contribution in [0.5, 0.6) is 0 Å². The molecule has 1 unspecified atom stereocenters. The highest BCUT2D eigenvalue weighted by molar-refractivity contribution is 5.82. The van der Waals surface area contributed by atoms with E-state index in [1.165, 1.54) is 0 Å². The van der Waals surface area contributed by atoms with Crippen molar-refractivity contribution in [2.45, 2.75) is 32.7 Å². The van der Waals surface area contributed by atoms with E-state index in [4.69, 9.17) is 0 Å². The van der Waals surface area contributed by atoms with Crippen molar-refractivity contribution in [1.29, 1.82) is 0 Å². The maximum absolute atomic E-state index is 10.4. The quantitative estimate of drug-likeness (QED) is 0.549. The van der Waals surface area contributed by atoms with Crippen molar-refractivity contribution < 1.29 is 4.79 Å². The average molecular weight is 127 g/mol. The second kappa shape index (κ2) is 2.38. The third-order valence-electron chi connectivity index (χ3n) is 1.55. The molecular weight excluding hydrogens is 114 g/mol. The van der Waals surface area contributed by atoms with Gasteiger partial charge in [-0.3, -0.25) is 4.79 Å². The molecule has 1 heterocycles. The van der Waals surface area contributed by atoms with Gasteiger partial charge in [-0.15, -0.1) is 0 Å². The molecule has 0 aliphatic carbocycles.